The molecular formula is C21H27N5O4S. The predicted molar refractivity (Wildman–Crippen MR) is 121 cm³/mol. The van der Waals surface area contributed by atoms with Crippen molar-refractivity contribution in [1.29, 1.82) is 0 Å². The van der Waals surface area contributed by atoms with Gasteiger partial charge in [0.05, 0.1) is 11.2 Å². The third-order valence-electron chi connectivity index (χ3n) is 4.92. The number of aryl methyl sites for hydroxylation is 2. The summed E-state index contributed by atoms with van der Waals surface area (Å²) < 4.78 is 7.87. The van der Waals surface area contributed by atoms with Crippen molar-refractivity contribution in [3.63, 3.8) is 0 Å². The summed E-state index contributed by atoms with van der Waals surface area (Å²) in [7, 11) is 1.56. The summed E-state index contributed by atoms with van der Waals surface area (Å²) >= 11 is 1.45. The molecule has 0 spiro atoms. The van der Waals surface area contributed by atoms with Gasteiger partial charge >= 0.3 is 5.69 Å². The Morgan fingerprint density at radius 1 is 1.32 bits per heavy atom. The predicted octanol–water partition coefficient (Wildman–Crippen LogP) is 1.41. The summed E-state index contributed by atoms with van der Waals surface area (Å²) in [6.45, 7) is 8.50. The Bertz CT molecular complexity index is 1180. The summed E-state index contributed by atoms with van der Waals surface area (Å²) in [6.07, 6.45) is 0.778. The van der Waals surface area contributed by atoms with Crippen molar-refractivity contribution in [2.45, 2.75) is 40.0 Å². The largest absolute Gasteiger partial charge is 0.486 e. The van der Waals surface area contributed by atoms with Gasteiger partial charge in [-0.3, -0.25) is 24.0 Å². The minimum atomic E-state index is -0.348. The zero-order valence-corrected chi connectivity index (χ0v) is 18.9. The Labute approximate surface area is 183 Å². The van der Waals surface area contributed by atoms with Crippen LogP contribution in [0.25, 0.3) is 10.2 Å². The van der Waals surface area contributed by atoms with E-state index in [0.29, 0.717) is 23.2 Å². The van der Waals surface area contributed by atoms with Gasteiger partial charge in [-0.25, -0.2) is 4.79 Å². The van der Waals surface area contributed by atoms with Crippen molar-refractivity contribution in [3.05, 3.63) is 55.3 Å². The van der Waals surface area contributed by atoms with E-state index in [1.165, 1.54) is 15.9 Å². The number of aromatic nitrogens is 3. The fourth-order valence-corrected chi connectivity index (χ4v) is 4.48. The molecule has 10 heteroatoms. The van der Waals surface area contributed by atoms with Gasteiger partial charge in [0.2, 0.25) is 6.41 Å². The number of thiophene rings is 1. The second kappa shape index (κ2) is 9.88. The highest BCUT2D eigenvalue weighted by Gasteiger charge is 2.29. The number of nitrogens with one attached hydrogen (secondary N) is 2. The first-order chi connectivity index (χ1) is 14.9. The molecule has 1 amide bonds. The molecule has 4 rings (SSSR count). The summed E-state index contributed by atoms with van der Waals surface area (Å²) in [5.41, 5.74) is 1.97. The molecule has 9 nitrogen and oxygen atoms in total. The summed E-state index contributed by atoms with van der Waals surface area (Å²) in [5, 5.41) is 2.25. The lowest BCUT2D eigenvalue weighted by Gasteiger charge is -2.38. The monoisotopic (exact) mass is 445 g/mol. The molecule has 3 aromatic rings. The lowest BCUT2D eigenvalue weighted by molar-refractivity contribution is -0.109. The smallest absolute Gasteiger partial charge is 0.328 e. The van der Waals surface area contributed by atoms with Crippen LogP contribution in [0.1, 0.15) is 23.2 Å². The van der Waals surface area contributed by atoms with Crippen molar-refractivity contribution in [2.24, 2.45) is 0 Å². The fraction of sp³-hybridized carbons (Fsp3) is 0.429. The van der Waals surface area contributed by atoms with E-state index in [2.05, 4.69) is 20.2 Å². The summed E-state index contributed by atoms with van der Waals surface area (Å²) in [4.78, 5) is 43.9. The van der Waals surface area contributed by atoms with Gasteiger partial charge in [-0.1, -0.05) is 0 Å². The Hall–Kier alpha value is -2.98. The molecule has 3 aromatic heterocycles. The minimum absolute atomic E-state index is 0.153. The van der Waals surface area contributed by atoms with Crippen molar-refractivity contribution in [2.75, 3.05) is 20.1 Å². The number of aromatic amines is 1. The van der Waals surface area contributed by atoms with Gasteiger partial charge < -0.3 is 15.0 Å². The topological polar surface area (TPSA) is 109 Å². The van der Waals surface area contributed by atoms with Gasteiger partial charge in [-0.05, 0) is 39.0 Å². The van der Waals surface area contributed by atoms with E-state index >= 15 is 0 Å². The second-order valence-corrected chi connectivity index (χ2v) is 8.45. The van der Waals surface area contributed by atoms with E-state index < -0.39 is 0 Å². The number of pyridine rings is 1. The van der Waals surface area contributed by atoms with E-state index in [0.717, 1.165) is 41.6 Å². The quantitative estimate of drug-likeness (QED) is 0.555. The first kappa shape index (κ1) is 22.7. The maximum atomic E-state index is 12.4. The Morgan fingerprint density at radius 3 is 2.65 bits per heavy atom. The number of likely N-dealkylation sites (tertiary alicyclic amines) is 1. The first-order valence-electron chi connectivity index (χ1n) is 10.1. The highest BCUT2D eigenvalue weighted by atomic mass is 32.1. The van der Waals surface area contributed by atoms with Crippen molar-refractivity contribution in [1.82, 2.24) is 24.8 Å². The van der Waals surface area contributed by atoms with Crippen molar-refractivity contribution in [3.8, 4) is 5.75 Å². The zero-order valence-electron chi connectivity index (χ0n) is 18.1. The van der Waals surface area contributed by atoms with Crippen LogP contribution in [0.2, 0.25) is 0 Å². The molecule has 0 aromatic carbocycles. The lowest BCUT2D eigenvalue weighted by Crippen LogP contribution is -2.53. The third-order valence-corrected chi connectivity index (χ3v) is 6.02. The van der Waals surface area contributed by atoms with Crippen LogP contribution in [-0.4, -0.2) is 52.1 Å². The molecular weight excluding hydrogens is 418 g/mol. The SMILES string of the molecule is CCn1c(=O)[nH]c2cc(CN3CC(Oc4ccc(C)nc4C)C3)sc2c1=O.CNC=O. The van der Waals surface area contributed by atoms with Gasteiger partial charge in [0.1, 0.15) is 16.6 Å². The number of hydrogen-bond donors (Lipinski definition) is 2. The molecule has 0 aliphatic carbocycles. The van der Waals surface area contributed by atoms with Crippen LogP contribution in [0.4, 0.5) is 0 Å². The molecule has 31 heavy (non-hydrogen) atoms. The van der Waals surface area contributed by atoms with Crippen LogP contribution < -0.4 is 21.3 Å². The molecule has 2 N–H and O–H groups in total. The summed E-state index contributed by atoms with van der Waals surface area (Å²) in [5.74, 6) is 0.838. The first-order valence-corrected chi connectivity index (χ1v) is 10.9. The number of nitrogens with zero attached hydrogens (tertiary/aromatic N) is 3. The normalized spacial score (nSPS) is 13.9. The third kappa shape index (κ3) is 5.20. The van der Waals surface area contributed by atoms with Gasteiger partial charge in [-0.15, -0.1) is 11.3 Å². The molecule has 0 radical (unpaired) electrons. The number of rotatable bonds is 6. The lowest BCUT2D eigenvalue weighted by atomic mass is 10.1. The zero-order chi connectivity index (χ0) is 22.5. The molecule has 4 heterocycles. The number of ether oxygens (including phenoxy) is 1. The molecule has 0 saturated carbocycles. The summed E-state index contributed by atoms with van der Waals surface area (Å²) in [6, 6.07) is 5.84. The number of hydrogen-bond acceptors (Lipinski definition) is 7. The number of fused-ring (bicyclic) bond motifs is 1. The molecule has 0 atom stereocenters. The van der Waals surface area contributed by atoms with Crippen molar-refractivity contribution < 1.29 is 9.53 Å². The molecule has 1 fully saturated rings. The number of carbonyl (C=O) groups is 1. The standard InChI is InChI=1S/C19H22N4O3S.C2H5NO/c1-4-23-18(24)17-15(21-19(23)25)7-14(27-17)10-22-8-13(9-22)26-16-6-5-11(2)20-12(16)3;1-3-2-4/h5-7,13H,4,8-10H2,1-3H3,(H,21,25);2H,1H3,(H,3,4). The van der Waals surface area contributed by atoms with Crippen LogP contribution in [0.5, 0.6) is 5.75 Å². The second-order valence-electron chi connectivity index (χ2n) is 7.31. The van der Waals surface area contributed by atoms with E-state index in [1.54, 1.807) is 14.0 Å². The number of H-pyrrole nitrogens is 1. The highest BCUT2D eigenvalue weighted by molar-refractivity contribution is 7.18. The molecule has 1 aliphatic rings. The molecule has 0 bridgehead atoms. The van der Waals surface area contributed by atoms with E-state index in [-0.39, 0.29) is 17.4 Å². The Morgan fingerprint density at radius 2 is 2.03 bits per heavy atom. The van der Waals surface area contributed by atoms with Gasteiger partial charge in [-0.2, -0.15) is 0 Å². The fourth-order valence-electron chi connectivity index (χ4n) is 3.38. The van der Waals surface area contributed by atoms with Crippen LogP contribution in [0.3, 0.4) is 0 Å². The number of amides is 1. The van der Waals surface area contributed by atoms with Crippen LogP contribution in [0.15, 0.2) is 27.8 Å². The van der Waals surface area contributed by atoms with Crippen LogP contribution >= 0.6 is 11.3 Å². The average Bonchev–Trinajstić information content (AvgIpc) is 3.11. The van der Waals surface area contributed by atoms with E-state index in [1.807, 2.05) is 32.0 Å². The molecule has 166 valence electrons. The Balaban J connectivity index is 0.000000628. The minimum Gasteiger partial charge on any atom is -0.486 e. The number of carbonyl (C=O) groups excluding carboxylic acids is 1. The van der Waals surface area contributed by atoms with E-state index in [9.17, 15) is 9.59 Å². The molecule has 0 unspecified atom stereocenters. The van der Waals surface area contributed by atoms with E-state index in [4.69, 9.17) is 9.53 Å². The van der Waals surface area contributed by atoms with Crippen molar-refractivity contribution >= 4 is 28.0 Å². The maximum absolute atomic E-state index is 12.4. The highest BCUT2D eigenvalue weighted by Crippen LogP contribution is 2.26. The van der Waals surface area contributed by atoms with Crippen LogP contribution in [-0.2, 0) is 17.9 Å². The molecule has 1 saturated heterocycles. The van der Waals surface area contributed by atoms with Gasteiger partial charge in [0, 0.05) is 43.8 Å². The molecule has 1 aliphatic heterocycles. The average molecular weight is 446 g/mol. The Kier molecular flexibility index (Phi) is 7.24. The maximum Gasteiger partial charge on any atom is 0.328 e. The van der Waals surface area contributed by atoms with Crippen LogP contribution in [0, 0.1) is 13.8 Å². The van der Waals surface area contributed by atoms with Gasteiger partial charge in [0.15, 0.2) is 0 Å². The van der Waals surface area contributed by atoms with Gasteiger partial charge in [0.25, 0.3) is 5.56 Å².